The largest absolute Gasteiger partial charge is 0.481 e. The lowest BCUT2D eigenvalue weighted by atomic mass is 9.76. The standard InChI is InChI=1S/C44H36N4O6S4/c1-21-25(39(49)47(3)41(51)27(21)19-45)15-23-17-29-33(55-23)35-31(43(53-29)11-7-5-8-12-43)37-38(57-35)32-36(58-37)34-30(54-44(32)13-9-6-10-14-44)18-24(56-34)16-26-22(2)28(20-46)42(52)48(4)40(26)50/h15-18H,5-14H2,1-4H3/b25-15-,26-16-. The molecule has 0 radical (unpaired) electrons. The maximum atomic E-state index is 13.3. The normalized spacial score (nSPS) is 22.3. The van der Waals surface area contributed by atoms with Crippen LogP contribution in [-0.2, 0) is 30.4 Å². The maximum Gasteiger partial charge on any atom is 0.271 e. The number of imide groups is 2. The van der Waals surface area contributed by atoms with Crippen LogP contribution >= 0.6 is 45.3 Å². The molecule has 58 heavy (non-hydrogen) atoms. The Kier molecular flexibility index (Phi) is 8.46. The molecule has 4 aromatic heterocycles. The molecule has 0 atom stereocenters. The van der Waals surface area contributed by atoms with E-state index in [-0.39, 0.29) is 11.1 Å². The Hall–Kier alpha value is -5.12. The van der Waals surface area contributed by atoms with Crippen LogP contribution in [-0.4, -0.2) is 47.5 Å². The van der Waals surface area contributed by atoms with Crippen molar-refractivity contribution in [2.75, 3.05) is 14.1 Å². The maximum absolute atomic E-state index is 13.3. The minimum atomic E-state index is -0.587. The summed E-state index contributed by atoms with van der Waals surface area (Å²) in [6.45, 7) is 3.31. The highest BCUT2D eigenvalue weighted by Crippen LogP contribution is 2.66. The van der Waals surface area contributed by atoms with Gasteiger partial charge in [0.2, 0.25) is 0 Å². The highest BCUT2D eigenvalue weighted by Gasteiger charge is 2.51. The van der Waals surface area contributed by atoms with Crippen LogP contribution in [0.3, 0.4) is 0 Å². The van der Waals surface area contributed by atoms with Gasteiger partial charge in [0.1, 0.15) is 46.0 Å². The summed E-state index contributed by atoms with van der Waals surface area (Å²) < 4.78 is 16.9. The second-order valence-corrected chi connectivity index (χ2v) is 20.2. The smallest absolute Gasteiger partial charge is 0.271 e. The Morgan fingerprint density at radius 2 is 0.966 bits per heavy atom. The summed E-state index contributed by atoms with van der Waals surface area (Å²) in [6, 6.07) is 8.02. The summed E-state index contributed by atoms with van der Waals surface area (Å²) in [7, 11) is 2.82. The van der Waals surface area contributed by atoms with Crippen LogP contribution in [0, 0.1) is 22.7 Å². The van der Waals surface area contributed by atoms with Crippen molar-refractivity contribution in [3.63, 3.8) is 0 Å². The molecule has 4 amide bonds. The number of likely N-dealkylation sites (N-methyl/N-ethyl adjacent to an activating group) is 2. The van der Waals surface area contributed by atoms with Crippen LogP contribution < -0.4 is 9.47 Å². The number of carbonyl (C=O) groups excluding carboxylic acids is 4. The van der Waals surface area contributed by atoms with E-state index in [0.717, 1.165) is 105 Å². The average Bonchev–Trinajstić information content (AvgIpc) is 3.99. The summed E-state index contributed by atoms with van der Waals surface area (Å²) in [4.78, 5) is 60.1. The second-order valence-electron chi connectivity index (χ2n) is 15.9. The number of nitriles is 2. The fourth-order valence-electron chi connectivity index (χ4n) is 9.63. The molecule has 14 heteroatoms. The molecule has 2 spiro atoms. The molecule has 2 aliphatic carbocycles. The molecule has 10 rings (SSSR count). The van der Waals surface area contributed by atoms with Gasteiger partial charge in [-0.2, -0.15) is 10.5 Å². The quantitative estimate of drug-likeness (QED) is 0.143. The van der Waals surface area contributed by atoms with Gasteiger partial charge in [0.25, 0.3) is 23.6 Å². The number of rotatable bonds is 2. The predicted octanol–water partition coefficient (Wildman–Crippen LogP) is 9.97. The third-order valence-electron chi connectivity index (χ3n) is 12.7. The van der Waals surface area contributed by atoms with Crippen molar-refractivity contribution in [3.05, 3.63) is 66.5 Å². The number of hydrogen-bond donors (Lipinski definition) is 0. The summed E-state index contributed by atoms with van der Waals surface area (Å²) in [6.07, 6.45) is 13.7. The topological polar surface area (TPSA) is 141 Å². The van der Waals surface area contributed by atoms with E-state index in [0.29, 0.717) is 22.3 Å². The molecule has 4 aromatic rings. The van der Waals surface area contributed by atoms with Gasteiger partial charge in [0.05, 0.1) is 28.9 Å². The second kappa shape index (κ2) is 13.2. The highest BCUT2D eigenvalue weighted by molar-refractivity contribution is 7.34. The monoisotopic (exact) mass is 844 g/mol. The van der Waals surface area contributed by atoms with Crippen molar-refractivity contribution < 1.29 is 28.7 Å². The van der Waals surface area contributed by atoms with Gasteiger partial charge in [0.15, 0.2) is 0 Å². The summed E-state index contributed by atoms with van der Waals surface area (Å²) in [5.41, 5.74) is 2.86. The molecule has 2 saturated carbocycles. The van der Waals surface area contributed by atoms with Crippen molar-refractivity contribution in [3.8, 4) is 43.1 Å². The lowest BCUT2D eigenvalue weighted by molar-refractivity contribution is -0.140. The van der Waals surface area contributed by atoms with Gasteiger partial charge in [-0.3, -0.25) is 29.0 Å². The Labute approximate surface area is 350 Å². The number of nitrogens with zero attached hydrogens (tertiary/aromatic N) is 4. The van der Waals surface area contributed by atoms with Crippen molar-refractivity contribution in [2.45, 2.75) is 89.3 Å². The zero-order valence-corrected chi connectivity index (χ0v) is 35.5. The van der Waals surface area contributed by atoms with Gasteiger partial charge >= 0.3 is 0 Å². The first kappa shape index (κ1) is 37.2. The number of fused-ring (bicyclic) bond motifs is 11. The first-order valence-corrected chi connectivity index (χ1v) is 22.7. The molecule has 6 aliphatic rings. The molecular formula is C44H36N4O6S4. The van der Waals surface area contributed by atoms with E-state index in [2.05, 4.69) is 0 Å². The van der Waals surface area contributed by atoms with E-state index in [4.69, 9.17) is 9.47 Å². The Bertz CT molecular complexity index is 2620. The van der Waals surface area contributed by atoms with E-state index in [1.165, 1.54) is 44.4 Å². The SMILES string of the molecule is CC1=C(C#N)C(=O)N(C)C(=O)/C1=C\c1cc2c(s1)-c1sc3c4c(sc3c1C1(CCCCC1)O2)-c1sc(/C=C2\C(=O)N(C)C(=O)C(C#N)=C2C)cc1OC41CCCCC1. The predicted molar refractivity (Wildman–Crippen MR) is 225 cm³/mol. The van der Waals surface area contributed by atoms with Crippen LogP contribution in [0.15, 0.2) is 45.6 Å². The lowest BCUT2D eigenvalue weighted by Gasteiger charge is -2.41. The van der Waals surface area contributed by atoms with E-state index in [9.17, 15) is 29.7 Å². The van der Waals surface area contributed by atoms with Gasteiger partial charge < -0.3 is 9.47 Å². The van der Waals surface area contributed by atoms with Gasteiger partial charge in [-0.15, -0.1) is 45.3 Å². The summed E-state index contributed by atoms with van der Waals surface area (Å²) >= 11 is 6.78. The van der Waals surface area contributed by atoms with Crippen molar-refractivity contribution in [1.29, 1.82) is 10.5 Å². The molecule has 0 saturated heterocycles. The van der Waals surface area contributed by atoms with E-state index in [1.54, 1.807) is 48.7 Å². The number of carbonyl (C=O) groups is 4. The number of hydrogen-bond acceptors (Lipinski definition) is 12. The minimum absolute atomic E-state index is 0.0270. The van der Waals surface area contributed by atoms with Crippen molar-refractivity contribution in [2.24, 2.45) is 0 Å². The van der Waals surface area contributed by atoms with Crippen LogP contribution in [0.2, 0.25) is 0 Å². The minimum Gasteiger partial charge on any atom is -0.481 e. The Morgan fingerprint density at radius 3 is 1.33 bits per heavy atom. The molecule has 4 aliphatic heterocycles. The molecule has 292 valence electrons. The van der Waals surface area contributed by atoms with Crippen LogP contribution in [0.4, 0.5) is 0 Å². The van der Waals surface area contributed by atoms with Gasteiger partial charge in [0, 0.05) is 46.1 Å². The Morgan fingerprint density at radius 1 is 0.586 bits per heavy atom. The molecule has 0 aromatic carbocycles. The van der Waals surface area contributed by atoms with Gasteiger partial charge in [-0.1, -0.05) is 12.8 Å². The number of thiophene rings is 4. The zero-order chi connectivity index (χ0) is 40.4. The Balaban J connectivity index is 1.15. The van der Waals surface area contributed by atoms with Crippen molar-refractivity contribution >= 4 is 90.5 Å². The van der Waals surface area contributed by atoms with E-state index >= 15 is 0 Å². The third-order valence-corrected chi connectivity index (χ3v) is 17.7. The fraction of sp³-hybridized carbons (Fsp3) is 0.364. The zero-order valence-electron chi connectivity index (χ0n) is 32.3. The molecule has 2 fully saturated rings. The number of amides is 4. The van der Waals surface area contributed by atoms with Gasteiger partial charge in [-0.25, -0.2) is 0 Å². The molecule has 0 unspecified atom stereocenters. The molecule has 0 bridgehead atoms. The molecular weight excluding hydrogens is 809 g/mol. The van der Waals surface area contributed by atoms with Crippen LogP contribution in [0.5, 0.6) is 11.5 Å². The van der Waals surface area contributed by atoms with E-state index in [1.807, 2.05) is 46.9 Å². The first-order valence-electron chi connectivity index (χ1n) is 19.5. The average molecular weight is 845 g/mol. The van der Waals surface area contributed by atoms with Crippen molar-refractivity contribution in [1.82, 2.24) is 9.80 Å². The first-order chi connectivity index (χ1) is 27.9. The van der Waals surface area contributed by atoms with E-state index < -0.39 is 34.8 Å². The van der Waals surface area contributed by atoms with Crippen LogP contribution in [0.25, 0.3) is 41.1 Å². The lowest BCUT2D eigenvalue weighted by Crippen LogP contribution is -2.39. The third kappa shape index (κ3) is 5.14. The summed E-state index contributed by atoms with van der Waals surface area (Å²) in [5.74, 6) is -0.430. The highest BCUT2D eigenvalue weighted by atomic mass is 32.1. The molecule has 10 nitrogen and oxygen atoms in total. The molecule has 8 heterocycles. The number of ether oxygens (including phenoxy) is 2. The summed E-state index contributed by atoms with van der Waals surface area (Å²) in [5, 5.41) is 19.5. The molecule has 0 N–H and O–H groups in total. The van der Waals surface area contributed by atoms with Gasteiger partial charge in [-0.05, 0) is 101 Å². The fourth-order valence-corrected chi connectivity index (χ4v) is 15.2. The van der Waals surface area contributed by atoms with Crippen LogP contribution in [0.1, 0.15) is 98.9 Å².